The lowest BCUT2D eigenvalue weighted by molar-refractivity contribution is -0.135. The minimum absolute atomic E-state index is 0.0102. The molecule has 0 spiro atoms. The average Bonchev–Trinajstić information content (AvgIpc) is 2.46. The van der Waals surface area contributed by atoms with E-state index in [4.69, 9.17) is 0 Å². The van der Waals surface area contributed by atoms with Crippen LogP contribution in [0.5, 0.6) is 0 Å². The van der Waals surface area contributed by atoms with Gasteiger partial charge in [-0.15, -0.1) is 0 Å². The van der Waals surface area contributed by atoms with E-state index in [2.05, 4.69) is 15.9 Å². The summed E-state index contributed by atoms with van der Waals surface area (Å²) in [6.45, 7) is 3.98. The molecule has 5 heteroatoms. The van der Waals surface area contributed by atoms with E-state index in [1.165, 1.54) is 0 Å². The van der Waals surface area contributed by atoms with Crippen LogP contribution < -0.4 is 0 Å². The van der Waals surface area contributed by atoms with Crippen molar-refractivity contribution in [2.75, 3.05) is 26.2 Å². The van der Waals surface area contributed by atoms with Crippen molar-refractivity contribution in [3.05, 3.63) is 40.4 Å². The smallest absolute Gasteiger partial charge is 0.246 e. The Morgan fingerprint density at radius 1 is 1.10 bits per heavy atom. The van der Waals surface area contributed by atoms with Crippen molar-refractivity contribution < 1.29 is 9.59 Å². The van der Waals surface area contributed by atoms with Crippen LogP contribution in [0.2, 0.25) is 0 Å². The van der Waals surface area contributed by atoms with Gasteiger partial charge >= 0.3 is 0 Å². The van der Waals surface area contributed by atoms with Gasteiger partial charge in [-0.2, -0.15) is 0 Å². The average molecular weight is 337 g/mol. The summed E-state index contributed by atoms with van der Waals surface area (Å²) in [5, 5.41) is 0. The number of halogens is 1. The molecule has 2 rings (SSSR count). The summed E-state index contributed by atoms with van der Waals surface area (Å²) in [5.74, 6) is 0.0600. The predicted octanol–water partition coefficient (Wildman–Crippen LogP) is 2.15. The van der Waals surface area contributed by atoms with Crippen LogP contribution in [0, 0.1) is 0 Å². The maximum Gasteiger partial charge on any atom is 0.246 e. The van der Waals surface area contributed by atoms with Crippen molar-refractivity contribution in [1.82, 2.24) is 9.80 Å². The molecule has 0 bridgehead atoms. The lowest BCUT2D eigenvalue weighted by Crippen LogP contribution is -2.49. The molecule has 0 radical (unpaired) electrons. The molecule has 0 unspecified atom stereocenters. The quantitative estimate of drug-likeness (QED) is 0.776. The largest absolute Gasteiger partial charge is 0.339 e. The molecule has 2 amide bonds. The fourth-order valence-electron chi connectivity index (χ4n) is 2.12. The number of carbonyl (C=O) groups excluding carboxylic acids is 2. The number of piperazine rings is 1. The second-order valence-electron chi connectivity index (χ2n) is 4.69. The molecule has 0 atom stereocenters. The molecular formula is C15H17BrN2O2. The summed E-state index contributed by atoms with van der Waals surface area (Å²) in [6, 6.07) is 7.75. The molecule has 1 aliphatic rings. The van der Waals surface area contributed by atoms with Crippen molar-refractivity contribution in [1.29, 1.82) is 0 Å². The molecule has 1 aromatic carbocycles. The van der Waals surface area contributed by atoms with Crippen LogP contribution in [-0.2, 0) is 9.59 Å². The lowest BCUT2D eigenvalue weighted by atomic mass is 10.2. The lowest BCUT2D eigenvalue weighted by Gasteiger charge is -2.33. The molecule has 106 valence electrons. The van der Waals surface area contributed by atoms with Gasteiger partial charge in [0.1, 0.15) is 0 Å². The molecule has 1 aliphatic heterocycles. The topological polar surface area (TPSA) is 40.6 Å². The number of amides is 2. The van der Waals surface area contributed by atoms with E-state index in [1.54, 1.807) is 22.8 Å². The van der Waals surface area contributed by atoms with Gasteiger partial charge in [-0.05, 0) is 17.7 Å². The number of carbonyl (C=O) groups is 2. The van der Waals surface area contributed by atoms with Crippen LogP contribution in [0.3, 0.4) is 0 Å². The Bertz CT molecular complexity index is 534. The zero-order valence-corrected chi connectivity index (χ0v) is 13.0. The zero-order valence-electron chi connectivity index (χ0n) is 11.4. The first-order valence-corrected chi connectivity index (χ1v) is 7.34. The van der Waals surface area contributed by atoms with E-state index in [0.29, 0.717) is 26.2 Å². The van der Waals surface area contributed by atoms with Gasteiger partial charge in [0, 0.05) is 43.7 Å². The van der Waals surface area contributed by atoms with E-state index < -0.39 is 0 Å². The molecule has 1 fully saturated rings. The third-order valence-electron chi connectivity index (χ3n) is 3.35. The Balaban J connectivity index is 1.93. The van der Waals surface area contributed by atoms with Crippen LogP contribution in [0.15, 0.2) is 34.8 Å². The number of rotatable bonds is 2. The van der Waals surface area contributed by atoms with Crippen LogP contribution >= 0.6 is 15.9 Å². The third-order valence-corrected chi connectivity index (χ3v) is 4.07. The SMILES string of the molecule is CC(=O)N1CCN(C(=O)/C=C/c2ccccc2Br)CC1. The van der Waals surface area contributed by atoms with E-state index in [9.17, 15) is 9.59 Å². The minimum Gasteiger partial charge on any atom is -0.339 e. The van der Waals surface area contributed by atoms with Gasteiger partial charge < -0.3 is 9.80 Å². The van der Waals surface area contributed by atoms with E-state index >= 15 is 0 Å². The standard InChI is InChI=1S/C15H17BrN2O2/c1-12(19)17-8-10-18(11-9-17)15(20)7-6-13-4-2-3-5-14(13)16/h2-7H,8-11H2,1H3/b7-6+. The minimum atomic E-state index is -0.0102. The number of benzene rings is 1. The normalized spacial score (nSPS) is 15.7. The van der Waals surface area contributed by atoms with Gasteiger partial charge in [0.15, 0.2) is 0 Å². The first-order valence-electron chi connectivity index (χ1n) is 6.55. The molecule has 1 aromatic rings. The molecule has 0 saturated carbocycles. The monoisotopic (exact) mass is 336 g/mol. The van der Waals surface area contributed by atoms with Gasteiger partial charge in [0.2, 0.25) is 11.8 Å². The molecule has 0 aromatic heterocycles. The van der Waals surface area contributed by atoms with Crippen molar-refractivity contribution >= 4 is 33.8 Å². The van der Waals surface area contributed by atoms with Crippen LogP contribution in [0.4, 0.5) is 0 Å². The summed E-state index contributed by atoms with van der Waals surface area (Å²) < 4.78 is 0.963. The number of hydrogen-bond acceptors (Lipinski definition) is 2. The summed E-state index contributed by atoms with van der Waals surface area (Å²) in [4.78, 5) is 26.8. The van der Waals surface area contributed by atoms with Crippen molar-refractivity contribution in [3.8, 4) is 0 Å². The molecule has 20 heavy (non-hydrogen) atoms. The molecule has 0 aliphatic carbocycles. The highest BCUT2D eigenvalue weighted by Crippen LogP contribution is 2.17. The summed E-state index contributed by atoms with van der Waals surface area (Å²) in [7, 11) is 0. The Morgan fingerprint density at radius 3 is 2.30 bits per heavy atom. The van der Waals surface area contributed by atoms with Gasteiger partial charge in [-0.3, -0.25) is 9.59 Å². The molecular weight excluding hydrogens is 320 g/mol. The fraction of sp³-hybridized carbons (Fsp3) is 0.333. The van der Waals surface area contributed by atoms with Crippen LogP contribution in [0.1, 0.15) is 12.5 Å². The maximum absolute atomic E-state index is 12.1. The predicted molar refractivity (Wildman–Crippen MR) is 82.0 cm³/mol. The molecule has 1 heterocycles. The second kappa shape index (κ2) is 6.70. The number of hydrogen-bond donors (Lipinski definition) is 0. The summed E-state index contributed by atoms with van der Waals surface area (Å²) >= 11 is 3.45. The molecule has 1 saturated heterocycles. The van der Waals surface area contributed by atoms with Gasteiger partial charge in [0.05, 0.1) is 0 Å². The number of nitrogens with zero attached hydrogens (tertiary/aromatic N) is 2. The van der Waals surface area contributed by atoms with E-state index in [0.717, 1.165) is 10.0 Å². The maximum atomic E-state index is 12.1. The molecule has 4 nitrogen and oxygen atoms in total. The van der Waals surface area contributed by atoms with Crippen molar-refractivity contribution in [3.63, 3.8) is 0 Å². The zero-order chi connectivity index (χ0) is 14.5. The first-order chi connectivity index (χ1) is 9.58. The second-order valence-corrected chi connectivity index (χ2v) is 5.54. The fourth-order valence-corrected chi connectivity index (χ4v) is 2.54. The first kappa shape index (κ1) is 14.8. The Labute approximate surface area is 127 Å². The summed E-state index contributed by atoms with van der Waals surface area (Å²) in [5.41, 5.74) is 0.975. The highest BCUT2D eigenvalue weighted by Gasteiger charge is 2.20. The third kappa shape index (κ3) is 3.70. The highest BCUT2D eigenvalue weighted by atomic mass is 79.9. The molecule has 0 N–H and O–H groups in total. The van der Waals surface area contributed by atoms with E-state index in [1.807, 2.05) is 30.3 Å². The summed E-state index contributed by atoms with van der Waals surface area (Å²) in [6.07, 6.45) is 3.40. The van der Waals surface area contributed by atoms with Crippen LogP contribution in [0.25, 0.3) is 6.08 Å². The van der Waals surface area contributed by atoms with Gasteiger partial charge in [-0.25, -0.2) is 0 Å². The Kier molecular flexibility index (Phi) is 4.95. The van der Waals surface area contributed by atoms with Crippen LogP contribution in [-0.4, -0.2) is 47.8 Å². The van der Waals surface area contributed by atoms with Crippen molar-refractivity contribution in [2.24, 2.45) is 0 Å². The van der Waals surface area contributed by atoms with E-state index in [-0.39, 0.29) is 11.8 Å². The van der Waals surface area contributed by atoms with Gasteiger partial charge in [0.25, 0.3) is 0 Å². The Hall–Kier alpha value is -1.62. The Morgan fingerprint density at radius 2 is 1.70 bits per heavy atom. The highest BCUT2D eigenvalue weighted by molar-refractivity contribution is 9.10. The van der Waals surface area contributed by atoms with Gasteiger partial charge in [-0.1, -0.05) is 34.1 Å². The van der Waals surface area contributed by atoms with Crippen molar-refractivity contribution in [2.45, 2.75) is 6.92 Å².